The van der Waals surface area contributed by atoms with E-state index in [1.165, 1.54) is 19.3 Å². The molecule has 1 N–H and O–H groups in total. The van der Waals surface area contributed by atoms with Crippen LogP contribution < -0.4 is 5.32 Å². The third-order valence-corrected chi connectivity index (χ3v) is 3.04. The van der Waals surface area contributed by atoms with Crippen LogP contribution in [-0.4, -0.2) is 11.5 Å². The molecule has 0 spiro atoms. The second-order valence-corrected chi connectivity index (χ2v) is 4.21. The van der Waals surface area contributed by atoms with Crippen molar-refractivity contribution in [2.24, 2.45) is 0 Å². The lowest BCUT2D eigenvalue weighted by molar-refractivity contribution is -0.384. The molecule has 1 aromatic carbocycles. The Bertz CT molecular complexity index is 371. The maximum atomic E-state index is 10.7. The molecule has 0 aromatic heterocycles. The van der Waals surface area contributed by atoms with E-state index in [4.69, 9.17) is 0 Å². The van der Waals surface area contributed by atoms with Crippen molar-refractivity contribution in [1.29, 1.82) is 0 Å². The number of non-ortho nitro benzene ring substituents is 1. The quantitative estimate of drug-likeness (QED) is 0.616. The summed E-state index contributed by atoms with van der Waals surface area (Å²) in [6.45, 7) is 1.01. The standard InChI is InChI=1S/C12H16N2O2/c15-14(16)11-6-4-5-10(9-11)12-7-2-1-3-8-13-12/h4-6,9,12-13H,1-3,7-8H2. The normalized spacial score (nSPS) is 21.4. The molecule has 16 heavy (non-hydrogen) atoms. The van der Waals surface area contributed by atoms with Gasteiger partial charge in [-0.05, 0) is 24.9 Å². The lowest BCUT2D eigenvalue weighted by Crippen LogP contribution is -2.20. The van der Waals surface area contributed by atoms with Crippen molar-refractivity contribution < 1.29 is 4.92 Å². The first-order valence-electron chi connectivity index (χ1n) is 5.75. The lowest BCUT2D eigenvalue weighted by Gasteiger charge is -2.15. The van der Waals surface area contributed by atoms with Gasteiger partial charge in [0.25, 0.3) is 5.69 Å². The zero-order valence-corrected chi connectivity index (χ0v) is 9.19. The number of rotatable bonds is 2. The molecule has 4 heteroatoms. The van der Waals surface area contributed by atoms with E-state index in [0.717, 1.165) is 18.5 Å². The van der Waals surface area contributed by atoms with E-state index in [-0.39, 0.29) is 16.7 Å². The van der Waals surface area contributed by atoms with Gasteiger partial charge in [-0.25, -0.2) is 0 Å². The van der Waals surface area contributed by atoms with Crippen LogP contribution in [0.1, 0.15) is 37.3 Å². The Kier molecular flexibility index (Phi) is 3.51. The Balaban J connectivity index is 2.18. The Labute approximate surface area is 94.8 Å². The minimum absolute atomic E-state index is 0.184. The monoisotopic (exact) mass is 220 g/mol. The summed E-state index contributed by atoms with van der Waals surface area (Å²) in [5, 5.41) is 14.1. The van der Waals surface area contributed by atoms with E-state index in [0.29, 0.717) is 0 Å². The molecule has 0 bridgehead atoms. The van der Waals surface area contributed by atoms with Gasteiger partial charge in [0.15, 0.2) is 0 Å². The van der Waals surface area contributed by atoms with E-state index in [2.05, 4.69) is 5.32 Å². The molecule has 1 heterocycles. The molecule has 0 saturated carbocycles. The fourth-order valence-corrected chi connectivity index (χ4v) is 2.17. The summed E-state index contributed by atoms with van der Waals surface area (Å²) >= 11 is 0. The predicted molar refractivity (Wildman–Crippen MR) is 62.3 cm³/mol. The molecular formula is C12H16N2O2. The van der Waals surface area contributed by atoms with Crippen LogP contribution in [0.2, 0.25) is 0 Å². The second kappa shape index (κ2) is 5.07. The van der Waals surface area contributed by atoms with Crippen molar-refractivity contribution in [2.45, 2.75) is 31.7 Å². The summed E-state index contributed by atoms with van der Waals surface area (Å²) in [5.41, 5.74) is 1.22. The molecule has 4 nitrogen and oxygen atoms in total. The van der Waals surface area contributed by atoms with Crippen molar-refractivity contribution >= 4 is 5.69 Å². The highest BCUT2D eigenvalue weighted by Crippen LogP contribution is 2.25. The molecule has 1 aliphatic heterocycles. The number of nitrogens with one attached hydrogen (secondary N) is 1. The molecule has 0 radical (unpaired) electrons. The van der Waals surface area contributed by atoms with Crippen LogP contribution >= 0.6 is 0 Å². The zero-order valence-electron chi connectivity index (χ0n) is 9.19. The highest BCUT2D eigenvalue weighted by atomic mass is 16.6. The largest absolute Gasteiger partial charge is 0.310 e. The van der Waals surface area contributed by atoms with Gasteiger partial charge in [-0.2, -0.15) is 0 Å². The molecular weight excluding hydrogens is 204 g/mol. The van der Waals surface area contributed by atoms with Gasteiger partial charge in [-0.15, -0.1) is 0 Å². The molecule has 2 rings (SSSR count). The summed E-state index contributed by atoms with van der Waals surface area (Å²) in [7, 11) is 0. The van der Waals surface area contributed by atoms with Crippen molar-refractivity contribution in [3.63, 3.8) is 0 Å². The molecule has 1 unspecified atom stereocenters. The smallest absolute Gasteiger partial charge is 0.269 e. The highest BCUT2D eigenvalue weighted by molar-refractivity contribution is 5.35. The van der Waals surface area contributed by atoms with Gasteiger partial charge < -0.3 is 5.32 Å². The van der Waals surface area contributed by atoms with Gasteiger partial charge in [0.05, 0.1) is 4.92 Å². The van der Waals surface area contributed by atoms with Crippen LogP contribution in [-0.2, 0) is 0 Å². The SMILES string of the molecule is O=[N+]([O-])c1cccc(C2CCCCCN2)c1. The minimum atomic E-state index is -0.333. The summed E-state index contributed by atoms with van der Waals surface area (Å²) in [6.07, 6.45) is 4.71. The van der Waals surface area contributed by atoms with Crippen molar-refractivity contribution in [3.05, 3.63) is 39.9 Å². The van der Waals surface area contributed by atoms with E-state index in [9.17, 15) is 10.1 Å². The van der Waals surface area contributed by atoms with E-state index < -0.39 is 0 Å². The maximum Gasteiger partial charge on any atom is 0.269 e. The summed E-state index contributed by atoms with van der Waals surface area (Å²) < 4.78 is 0. The third kappa shape index (κ3) is 2.58. The Morgan fingerprint density at radius 3 is 3.00 bits per heavy atom. The van der Waals surface area contributed by atoms with Gasteiger partial charge in [0.1, 0.15) is 0 Å². The number of nitrogens with zero attached hydrogens (tertiary/aromatic N) is 1. The molecule has 1 fully saturated rings. The first-order chi connectivity index (χ1) is 7.77. The fourth-order valence-electron chi connectivity index (χ4n) is 2.17. The number of hydrogen-bond acceptors (Lipinski definition) is 3. The maximum absolute atomic E-state index is 10.7. The van der Waals surface area contributed by atoms with E-state index >= 15 is 0 Å². The average molecular weight is 220 g/mol. The van der Waals surface area contributed by atoms with Crippen LogP contribution in [0.15, 0.2) is 24.3 Å². The topological polar surface area (TPSA) is 55.2 Å². The first kappa shape index (κ1) is 11.1. The zero-order chi connectivity index (χ0) is 11.4. The van der Waals surface area contributed by atoms with Gasteiger partial charge in [-0.1, -0.05) is 25.0 Å². The molecule has 1 aliphatic rings. The first-order valence-corrected chi connectivity index (χ1v) is 5.75. The Morgan fingerprint density at radius 1 is 1.31 bits per heavy atom. The van der Waals surface area contributed by atoms with Crippen LogP contribution in [0.4, 0.5) is 5.69 Å². The molecule has 86 valence electrons. The van der Waals surface area contributed by atoms with Crippen LogP contribution in [0.5, 0.6) is 0 Å². The molecule has 1 saturated heterocycles. The number of benzene rings is 1. The van der Waals surface area contributed by atoms with Crippen LogP contribution in [0.25, 0.3) is 0 Å². The third-order valence-electron chi connectivity index (χ3n) is 3.04. The van der Waals surface area contributed by atoms with Gasteiger partial charge in [0, 0.05) is 18.2 Å². The minimum Gasteiger partial charge on any atom is -0.310 e. The van der Waals surface area contributed by atoms with Gasteiger partial charge in [-0.3, -0.25) is 10.1 Å². The highest BCUT2D eigenvalue weighted by Gasteiger charge is 2.15. The Hall–Kier alpha value is -1.42. The molecule has 1 atom stereocenters. The Morgan fingerprint density at radius 2 is 2.19 bits per heavy atom. The van der Waals surface area contributed by atoms with Gasteiger partial charge >= 0.3 is 0 Å². The summed E-state index contributed by atoms with van der Waals surface area (Å²) in [5.74, 6) is 0. The number of nitro groups is 1. The number of nitro benzene ring substituents is 1. The molecule has 1 aromatic rings. The van der Waals surface area contributed by atoms with Crippen molar-refractivity contribution in [1.82, 2.24) is 5.32 Å². The van der Waals surface area contributed by atoms with E-state index in [1.54, 1.807) is 18.2 Å². The second-order valence-electron chi connectivity index (χ2n) is 4.21. The summed E-state index contributed by atoms with van der Waals surface area (Å²) in [4.78, 5) is 10.4. The summed E-state index contributed by atoms with van der Waals surface area (Å²) in [6, 6.07) is 7.24. The molecule has 0 amide bonds. The van der Waals surface area contributed by atoms with Crippen molar-refractivity contribution in [3.8, 4) is 0 Å². The average Bonchev–Trinajstić information content (AvgIpc) is 2.57. The number of hydrogen-bond donors (Lipinski definition) is 1. The van der Waals surface area contributed by atoms with Gasteiger partial charge in [0.2, 0.25) is 0 Å². The van der Waals surface area contributed by atoms with Crippen molar-refractivity contribution in [2.75, 3.05) is 6.54 Å². The van der Waals surface area contributed by atoms with E-state index in [1.807, 2.05) is 6.07 Å². The fraction of sp³-hybridized carbons (Fsp3) is 0.500. The predicted octanol–water partition coefficient (Wildman–Crippen LogP) is 2.80. The molecule has 0 aliphatic carbocycles. The lowest BCUT2D eigenvalue weighted by atomic mass is 10.0. The van der Waals surface area contributed by atoms with Crippen LogP contribution in [0.3, 0.4) is 0 Å². The van der Waals surface area contributed by atoms with Crippen LogP contribution in [0, 0.1) is 10.1 Å².